The van der Waals surface area contributed by atoms with Crippen LogP contribution in [0, 0.1) is 13.8 Å². The average molecular weight is 464 g/mol. The first-order chi connectivity index (χ1) is 15.6. The molecule has 0 radical (unpaired) electrons. The number of thioether (sulfide) groups is 1. The largest absolute Gasteiger partial charge is 0.341 e. The van der Waals surface area contributed by atoms with Gasteiger partial charge < -0.3 is 4.90 Å². The van der Waals surface area contributed by atoms with Crippen molar-refractivity contribution in [1.29, 1.82) is 0 Å². The molecule has 1 atom stereocenters. The maximum atomic E-state index is 13.1. The van der Waals surface area contributed by atoms with Crippen LogP contribution in [-0.2, 0) is 4.79 Å². The van der Waals surface area contributed by atoms with Gasteiger partial charge in [0.15, 0.2) is 5.16 Å². The third-order valence-corrected chi connectivity index (χ3v) is 8.02. The number of hydrogen-bond donors (Lipinski definition) is 0. The summed E-state index contributed by atoms with van der Waals surface area (Å²) in [5, 5.41) is 10.5. The summed E-state index contributed by atoms with van der Waals surface area (Å²) in [6.07, 6.45) is 2.09. The molecule has 1 aliphatic heterocycles. The van der Waals surface area contributed by atoms with Crippen molar-refractivity contribution in [3.8, 4) is 5.69 Å². The molecule has 0 unspecified atom stereocenters. The maximum absolute atomic E-state index is 13.1. The Hall–Kier alpha value is -2.71. The van der Waals surface area contributed by atoms with Gasteiger partial charge in [-0.3, -0.25) is 9.36 Å². The molecule has 0 aliphatic carbocycles. The molecule has 1 saturated heterocycles. The molecule has 0 N–H and O–H groups in total. The van der Waals surface area contributed by atoms with E-state index in [1.54, 1.807) is 11.3 Å². The lowest BCUT2D eigenvalue weighted by Crippen LogP contribution is -2.40. The number of carbonyl (C=O) groups excluding carboxylic acids is 1. The van der Waals surface area contributed by atoms with E-state index in [1.807, 2.05) is 34.6 Å². The summed E-state index contributed by atoms with van der Waals surface area (Å²) >= 11 is 3.21. The summed E-state index contributed by atoms with van der Waals surface area (Å²) in [4.78, 5) is 19.9. The quantitative estimate of drug-likeness (QED) is 0.390. The topological polar surface area (TPSA) is 63.9 Å². The molecule has 3 heterocycles. The van der Waals surface area contributed by atoms with Crippen LogP contribution in [0.4, 0.5) is 0 Å². The molecule has 4 aromatic rings. The first-order valence-electron chi connectivity index (χ1n) is 10.8. The number of thiazole rings is 1. The highest BCUT2D eigenvalue weighted by Crippen LogP contribution is 2.33. The van der Waals surface area contributed by atoms with Gasteiger partial charge >= 0.3 is 0 Å². The molecule has 5 rings (SSSR count). The monoisotopic (exact) mass is 463 g/mol. The Balaban J connectivity index is 1.27. The molecule has 1 amide bonds. The first-order valence-corrected chi connectivity index (χ1v) is 12.6. The number of hydrogen-bond acceptors (Lipinski definition) is 6. The molecular formula is C24H25N5OS2. The highest BCUT2D eigenvalue weighted by molar-refractivity contribution is 7.99. The van der Waals surface area contributed by atoms with Gasteiger partial charge in [0.2, 0.25) is 5.91 Å². The van der Waals surface area contributed by atoms with Crippen LogP contribution in [0.25, 0.3) is 15.9 Å². The van der Waals surface area contributed by atoms with Crippen LogP contribution in [-0.4, -0.2) is 49.4 Å². The highest BCUT2D eigenvalue weighted by atomic mass is 32.2. The van der Waals surface area contributed by atoms with E-state index in [4.69, 9.17) is 4.98 Å². The minimum absolute atomic E-state index is 0.151. The van der Waals surface area contributed by atoms with E-state index in [-0.39, 0.29) is 5.91 Å². The van der Waals surface area contributed by atoms with Crippen molar-refractivity contribution >= 4 is 39.2 Å². The van der Waals surface area contributed by atoms with Gasteiger partial charge in [0, 0.05) is 19.0 Å². The number of piperidine rings is 1. The number of aromatic nitrogens is 4. The molecule has 0 spiro atoms. The van der Waals surface area contributed by atoms with Gasteiger partial charge in [0.05, 0.1) is 26.7 Å². The number of rotatable bonds is 5. The fourth-order valence-electron chi connectivity index (χ4n) is 4.22. The predicted molar refractivity (Wildman–Crippen MR) is 130 cm³/mol. The summed E-state index contributed by atoms with van der Waals surface area (Å²) in [5.41, 5.74) is 3.26. The third-order valence-electron chi connectivity index (χ3n) is 5.91. The maximum Gasteiger partial charge on any atom is 0.233 e. The second-order valence-corrected chi connectivity index (χ2v) is 10.1. The van der Waals surface area contributed by atoms with E-state index in [0.29, 0.717) is 11.7 Å². The Labute approximate surface area is 195 Å². The number of amides is 1. The fourth-order valence-corrected chi connectivity index (χ4v) is 6.20. The Kier molecular flexibility index (Phi) is 5.97. The molecule has 1 aliphatic rings. The van der Waals surface area contributed by atoms with Crippen molar-refractivity contribution in [2.45, 2.75) is 37.8 Å². The van der Waals surface area contributed by atoms with E-state index >= 15 is 0 Å². The van der Waals surface area contributed by atoms with Crippen molar-refractivity contribution < 1.29 is 4.79 Å². The van der Waals surface area contributed by atoms with E-state index in [1.165, 1.54) is 16.5 Å². The SMILES string of the molecule is Cc1ccccc1-n1c(C)nnc1SCC(=O)N1CCC[C@H](c2nc3ccccc3s2)C1. The van der Waals surface area contributed by atoms with E-state index in [9.17, 15) is 4.79 Å². The molecular weight excluding hydrogens is 438 g/mol. The van der Waals surface area contributed by atoms with Gasteiger partial charge in [-0.05, 0) is 50.5 Å². The minimum Gasteiger partial charge on any atom is -0.341 e. The number of benzene rings is 2. The van der Waals surface area contributed by atoms with Crippen LogP contribution in [0.5, 0.6) is 0 Å². The van der Waals surface area contributed by atoms with Gasteiger partial charge in [-0.1, -0.05) is 42.1 Å². The van der Waals surface area contributed by atoms with Crippen LogP contribution >= 0.6 is 23.1 Å². The normalized spacial score (nSPS) is 16.6. The lowest BCUT2D eigenvalue weighted by atomic mass is 9.99. The van der Waals surface area contributed by atoms with Gasteiger partial charge in [-0.15, -0.1) is 21.5 Å². The minimum atomic E-state index is 0.151. The molecule has 6 nitrogen and oxygen atoms in total. The van der Waals surface area contributed by atoms with E-state index in [0.717, 1.165) is 58.7 Å². The van der Waals surface area contributed by atoms with Crippen LogP contribution in [0.15, 0.2) is 53.7 Å². The van der Waals surface area contributed by atoms with Gasteiger partial charge in [-0.25, -0.2) is 4.98 Å². The molecule has 0 saturated carbocycles. The van der Waals surface area contributed by atoms with Gasteiger partial charge in [0.1, 0.15) is 5.82 Å². The zero-order valence-electron chi connectivity index (χ0n) is 18.2. The highest BCUT2D eigenvalue weighted by Gasteiger charge is 2.27. The van der Waals surface area contributed by atoms with Crippen LogP contribution < -0.4 is 0 Å². The summed E-state index contributed by atoms with van der Waals surface area (Å²) in [6, 6.07) is 16.4. The number of nitrogens with zero attached hydrogens (tertiary/aromatic N) is 5. The lowest BCUT2D eigenvalue weighted by molar-refractivity contribution is -0.129. The Morgan fingerprint density at radius 2 is 1.94 bits per heavy atom. The number of carbonyl (C=O) groups is 1. The zero-order chi connectivity index (χ0) is 22.1. The van der Waals surface area contributed by atoms with Crippen molar-refractivity contribution in [3.05, 3.63) is 64.9 Å². The number of fused-ring (bicyclic) bond motifs is 1. The van der Waals surface area contributed by atoms with Crippen molar-refractivity contribution in [3.63, 3.8) is 0 Å². The van der Waals surface area contributed by atoms with Crippen LogP contribution in [0.1, 0.15) is 35.2 Å². The number of para-hydroxylation sites is 2. The van der Waals surface area contributed by atoms with Gasteiger partial charge in [-0.2, -0.15) is 0 Å². The van der Waals surface area contributed by atoms with Gasteiger partial charge in [0.25, 0.3) is 0 Å². The fraction of sp³-hybridized carbons (Fsp3) is 0.333. The summed E-state index contributed by atoms with van der Waals surface area (Å²) < 4.78 is 3.25. The summed E-state index contributed by atoms with van der Waals surface area (Å²) in [6.45, 7) is 5.57. The summed E-state index contributed by atoms with van der Waals surface area (Å²) in [5.74, 6) is 1.64. The Morgan fingerprint density at radius 1 is 1.12 bits per heavy atom. The van der Waals surface area contributed by atoms with E-state index < -0.39 is 0 Å². The number of likely N-dealkylation sites (tertiary alicyclic amines) is 1. The molecule has 32 heavy (non-hydrogen) atoms. The second kappa shape index (κ2) is 9.03. The van der Waals surface area contributed by atoms with Crippen molar-refractivity contribution in [2.24, 2.45) is 0 Å². The van der Waals surface area contributed by atoms with Crippen LogP contribution in [0.2, 0.25) is 0 Å². The number of aryl methyl sites for hydroxylation is 2. The molecule has 2 aromatic heterocycles. The first kappa shape index (κ1) is 21.2. The van der Waals surface area contributed by atoms with Crippen molar-refractivity contribution in [2.75, 3.05) is 18.8 Å². The predicted octanol–water partition coefficient (Wildman–Crippen LogP) is 4.99. The van der Waals surface area contributed by atoms with Crippen molar-refractivity contribution in [1.82, 2.24) is 24.6 Å². The molecule has 0 bridgehead atoms. The Morgan fingerprint density at radius 3 is 2.78 bits per heavy atom. The standard InChI is InChI=1S/C24H25N5OS2/c1-16-8-3-5-11-20(16)29-17(2)26-27-24(29)31-15-22(30)28-13-7-9-18(14-28)23-25-19-10-4-6-12-21(19)32-23/h3-6,8,10-12,18H,7,9,13-15H2,1-2H3/t18-/m0/s1. The summed E-state index contributed by atoms with van der Waals surface area (Å²) in [7, 11) is 0. The second-order valence-electron chi connectivity index (χ2n) is 8.14. The third kappa shape index (κ3) is 4.17. The molecule has 1 fully saturated rings. The molecule has 8 heteroatoms. The molecule has 2 aromatic carbocycles. The average Bonchev–Trinajstić information content (AvgIpc) is 3.41. The molecule has 164 valence electrons. The van der Waals surface area contributed by atoms with Crippen LogP contribution in [0.3, 0.4) is 0 Å². The zero-order valence-corrected chi connectivity index (χ0v) is 19.8. The van der Waals surface area contributed by atoms with E-state index in [2.05, 4.69) is 47.5 Å². The Bertz CT molecular complexity index is 1230. The smallest absolute Gasteiger partial charge is 0.233 e. The lowest BCUT2D eigenvalue weighted by Gasteiger charge is -2.31.